The second kappa shape index (κ2) is 5.84. The van der Waals surface area contributed by atoms with Crippen molar-refractivity contribution >= 4 is 5.78 Å². The Balaban J connectivity index is 2.17. The highest BCUT2D eigenvalue weighted by molar-refractivity contribution is 6.03. The van der Waals surface area contributed by atoms with Crippen LogP contribution in [-0.2, 0) is 5.41 Å². The Kier molecular flexibility index (Phi) is 3.95. The van der Waals surface area contributed by atoms with E-state index < -0.39 is 11.5 Å². The number of phenols is 3. The maximum absolute atomic E-state index is 12.6. The Hall–Kier alpha value is -2.95. The number of hydrogen-bond donors (Lipinski definition) is 3. The summed E-state index contributed by atoms with van der Waals surface area (Å²) in [4.78, 5) is 12.6. The molecule has 0 amide bonds. The van der Waals surface area contributed by atoms with Gasteiger partial charge in [0.2, 0.25) is 0 Å². The zero-order valence-corrected chi connectivity index (χ0v) is 14.1. The van der Waals surface area contributed by atoms with Gasteiger partial charge in [0.05, 0.1) is 6.42 Å². The molecule has 0 saturated heterocycles. The van der Waals surface area contributed by atoms with Gasteiger partial charge in [0.1, 0.15) is 34.7 Å². The first-order valence-corrected chi connectivity index (χ1v) is 7.96. The lowest BCUT2D eigenvalue weighted by molar-refractivity contribution is 0.0840. The molecule has 0 aromatic heterocycles. The van der Waals surface area contributed by atoms with Gasteiger partial charge < -0.3 is 20.1 Å². The van der Waals surface area contributed by atoms with Gasteiger partial charge in [0, 0.05) is 17.0 Å². The molecule has 0 unspecified atom stereocenters. The average molecular weight is 340 g/mol. The molecule has 0 bridgehead atoms. The van der Waals surface area contributed by atoms with Gasteiger partial charge in [-0.1, -0.05) is 32.1 Å². The summed E-state index contributed by atoms with van der Waals surface area (Å²) in [6.45, 7) is 7.46. The first-order chi connectivity index (χ1) is 11.7. The van der Waals surface area contributed by atoms with Crippen molar-refractivity contribution in [2.45, 2.75) is 31.8 Å². The van der Waals surface area contributed by atoms with Crippen molar-refractivity contribution in [3.05, 3.63) is 59.7 Å². The van der Waals surface area contributed by atoms with Crippen LogP contribution in [0, 0.1) is 0 Å². The van der Waals surface area contributed by atoms with E-state index >= 15 is 0 Å². The summed E-state index contributed by atoms with van der Waals surface area (Å²) in [6.07, 6.45) is 1.14. The van der Waals surface area contributed by atoms with Crippen LogP contribution in [0.2, 0.25) is 0 Å². The second-order valence-corrected chi connectivity index (χ2v) is 6.75. The van der Waals surface area contributed by atoms with Crippen molar-refractivity contribution in [3.8, 4) is 23.0 Å². The SMILES string of the molecule is C=CC(C)(C)c1c(O)cc(O)c2c1O[C@@H](c1ccc(O)cc1)CC2=O. The largest absolute Gasteiger partial charge is 0.508 e. The van der Waals surface area contributed by atoms with Crippen molar-refractivity contribution < 1.29 is 24.9 Å². The number of ketones is 1. The normalized spacial score (nSPS) is 16.9. The summed E-state index contributed by atoms with van der Waals surface area (Å²) in [7, 11) is 0. The van der Waals surface area contributed by atoms with Crippen molar-refractivity contribution in [1.29, 1.82) is 0 Å². The summed E-state index contributed by atoms with van der Waals surface area (Å²) in [5.74, 6) is -0.421. The van der Waals surface area contributed by atoms with Gasteiger partial charge in [-0.05, 0) is 17.7 Å². The van der Waals surface area contributed by atoms with Gasteiger partial charge in [-0.25, -0.2) is 0 Å². The van der Waals surface area contributed by atoms with Crippen molar-refractivity contribution in [2.24, 2.45) is 0 Å². The molecule has 0 spiro atoms. The van der Waals surface area contributed by atoms with E-state index in [1.165, 1.54) is 18.2 Å². The third-order valence-corrected chi connectivity index (χ3v) is 4.57. The van der Waals surface area contributed by atoms with Gasteiger partial charge in [0.15, 0.2) is 5.78 Å². The van der Waals surface area contributed by atoms with Crippen LogP contribution in [-0.4, -0.2) is 21.1 Å². The number of allylic oxidation sites excluding steroid dienone is 1. The number of rotatable bonds is 3. The lowest BCUT2D eigenvalue weighted by atomic mass is 9.80. The molecule has 2 aromatic rings. The minimum Gasteiger partial charge on any atom is -0.508 e. The zero-order valence-electron chi connectivity index (χ0n) is 14.1. The molecule has 0 saturated carbocycles. The number of benzene rings is 2. The van der Waals surface area contributed by atoms with Gasteiger partial charge in [-0.3, -0.25) is 4.79 Å². The molecule has 1 aliphatic heterocycles. The first-order valence-electron chi connectivity index (χ1n) is 7.96. The third kappa shape index (κ3) is 2.82. The summed E-state index contributed by atoms with van der Waals surface area (Å²) >= 11 is 0. The van der Waals surface area contributed by atoms with E-state index in [0.717, 1.165) is 5.56 Å². The summed E-state index contributed by atoms with van der Waals surface area (Å²) in [5.41, 5.74) is 0.547. The van der Waals surface area contributed by atoms with Crippen LogP contribution in [0.4, 0.5) is 0 Å². The highest BCUT2D eigenvalue weighted by Crippen LogP contribution is 2.49. The molecule has 0 radical (unpaired) electrons. The highest BCUT2D eigenvalue weighted by atomic mass is 16.5. The fraction of sp³-hybridized carbons (Fsp3) is 0.250. The fourth-order valence-corrected chi connectivity index (χ4v) is 3.07. The molecule has 5 nitrogen and oxygen atoms in total. The fourth-order valence-electron chi connectivity index (χ4n) is 3.07. The van der Waals surface area contributed by atoms with Crippen LogP contribution in [0.5, 0.6) is 23.0 Å². The predicted molar refractivity (Wildman–Crippen MR) is 93.4 cm³/mol. The summed E-state index contributed by atoms with van der Waals surface area (Å²) < 4.78 is 6.04. The lowest BCUT2D eigenvalue weighted by Gasteiger charge is -2.32. The van der Waals surface area contributed by atoms with E-state index in [1.54, 1.807) is 18.2 Å². The second-order valence-electron chi connectivity index (χ2n) is 6.75. The van der Waals surface area contributed by atoms with Gasteiger partial charge in [0.25, 0.3) is 0 Å². The zero-order chi connectivity index (χ0) is 18.4. The number of phenolic OH excluding ortho intramolecular Hbond substituents is 3. The van der Waals surface area contributed by atoms with E-state index in [1.807, 2.05) is 13.8 Å². The van der Waals surface area contributed by atoms with Crippen molar-refractivity contribution in [2.75, 3.05) is 0 Å². The van der Waals surface area contributed by atoms with Gasteiger partial charge >= 0.3 is 0 Å². The number of hydrogen-bond acceptors (Lipinski definition) is 5. The molecule has 5 heteroatoms. The Morgan fingerprint density at radius 3 is 2.40 bits per heavy atom. The van der Waals surface area contributed by atoms with Crippen molar-refractivity contribution in [1.82, 2.24) is 0 Å². The van der Waals surface area contributed by atoms with Gasteiger partial charge in [-0.2, -0.15) is 0 Å². The van der Waals surface area contributed by atoms with Gasteiger partial charge in [-0.15, -0.1) is 6.58 Å². The van der Waals surface area contributed by atoms with E-state index in [4.69, 9.17) is 4.74 Å². The molecule has 0 aliphatic carbocycles. The Morgan fingerprint density at radius 1 is 1.16 bits per heavy atom. The smallest absolute Gasteiger partial charge is 0.174 e. The Morgan fingerprint density at radius 2 is 1.80 bits per heavy atom. The van der Waals surface area contributed by atoms with E-state index in [0.29, 0.717) is 5.56 Å². The number of Topliss-reactive ketones (excluding diaryl/α,β-unsaturated/α-hetero) is 1. The average Bonchev–Trinajstić information content (AvgIpc) is 2.54. The molecular weight excluding hydrogens is 320 g/mol. The molecule has 1 atom stereocenters. The first kappa shape index (κ1) is 16.9. The molecule has 0 fully saturated rings. The summed E-state index contributed by atoms with van der Waals surface area (Å²) in [5, 5.41) is 29.9. The van der Waals surface area contributed by atoms with Crippen LogP contribution in [0.3, 0.4) is 0 Å². The lowest BCUT2D eigenvalue weighted by Crippen LogP contribution is -2.25. The topological polar surface area (TPSA) is 87.0 Å². The molecule has 25 heavy (non-hydrogen) atoms. The molecule has 130 valence electrons. The number of fused-ring (bicyclic) bond motifs is 1. The molecule has 1 heterocycles. The molecule has 3 N–H and O–H groups in total. The van der Waals surface area contributed by atoms with Crippen LogP contribution in [0.1, 0.15) is 47.9 Å². The monoisotopic (exact) mass is 340 g/mol. The predicted octanol–water partition coefficient (Wildman–Crippen LogP) is 3.97. The molecule has 2 aromatic carbocycles. The minimum absolute atomic E-state index is 0.0596. The van der Waals surface area contributed by atoms with Crippen molar-refractivity contribution in [3.63, 3.8) is 0 Å². The number of ether oxygens (including phenoxy) is 1. The molecule has 3 rings (SSSR count). The van der Waals surface area contributed by atoms with E-state index in [-0.39, 0.29) is 40.8 Å². The maximum Gasteiger partial charge on any atom is 0.174 e. The van der Waals surface area contributed by atoms with Crippen LogP contribution < -0.4 is 4.74 Å². The minimum atomic E-state index is -0.668. The van der Waals surface area contributed by atoms with Crippen LogP contribution >= 0.6 is 0 Å². The van der Waals surface area contributed by atoms with Crippen LogP contribution in [0.25, 0.3) is 0 Å². The van der Waals surface area contributed by atoms with E-state index in [2.05, 4.69) is 6.58 Å². The standard InChI is InChI=1S/C20H20O5/c1-4-20(2,3)18-15(24)9-13(22)17-14(23)10-16(25-19(17)18)11-5-7-12(21)8-6-11/h4-9,16,21-22,24H,1,10H2,2-3H3/t16-/m1/s1. The van der Waals surface area contributed by atoms with E-state index in [9.17, 15) is 20.1 Å². The summed E-state index contributed by atoms with van der Waals surface area (Å²) in [6, 6.07) is 7.57. The Labute approximate surface area is 145 Å². The molecule has 1 aliphatic rings. The number of aromatic hydroxyl groups is 3. The quantitative estimate of drug-likeness (QED) is 0.736. The number of carbonyl (C=O) groups is 1. The number of carbonyl (C=O) groups excluding carboxylic acids is 1. The molecular formula is C20H20O5. The van der Waals surface area contributed by atoms with Crippen LogP contribution in [0.15, 0.2) is 43.0 Å². The Bertz CT molecular complexity index is 849. The highest BCUT2D eigenvalue weighted by Gasteiger charge is 2.37. The third-order valence-electron chi connectivity index (χ3n) is 4.57. The maximum atomic E-state index is 12.6.